The summed E-state index contributed by atoms with van der Waals surface area (Å²) in [6.07, 6.45) is 2.74. The average Bonchev–Trinajstić information content (AvgIpc) is 2.91. The van der Waals surface area contributed by atoms with Crippen LogP contribution in [0.5, 0.6) is 0 Å². The SMILES string of the molecule is O=C(O)c1coc(Cn2ncc3ccccc3c2=O)c1. The maximum Gasteiger partial charge on any atom is 0.338 e. The second kappa shape index (κ2) is 4.65. The van der Waals surface area contributed by atoms with Crippen LogP contribution in [-0.4, -0.2) is 20.9 Å². The third-order valence-corrected chi connectivity index (χ3v) is 2.97. The van der Waals surface area contributed by atoms with Crippen molar-refractivity contribution in [3.63, 3.8) is 0 Å². The molecule has 0 unspecified atom stereocenters. The minimum absolute atomic E-state index is 0.0499. The van der Waals surface area contributed by atoms with E-state index in [-0.39, 0.29) is 17.7 Å². The number of aromatic nitrogens is 2. The van der Waals surface area contributed by atoms with Crippen LogP contribution in [0.15, 0.2) is 52.0 Å². The van der Waals surface area contributed by atoms with Gasteiger partial charge in [0.05, 0.1) is 17.1 Å². The van der Waals surface area contributed by atoms with Crippen molar-refractivity contribution in [3.8, 4) is 0 Å². The van der Waals surface area contributed by atoms with E-state index in [1.54, 1.807) is 18.3 Å². The topological polar surface area (TPSA) is 85.3 Å². The van der Waals surface area contributed by atoms with E-state index in [1.807, 2.05) is 12.1 Å². The Bertz CT molecular complexity index is 848. The molecule has 3 rings (SSSR count). The summed E-state index contributed by atoms with van der Waals surface area (Å²) in [6.45, 7) is 0.0942. The molecule has 6 nitrogen and oxygen atoms in total. The van der Waals surface area contributed by atoms with E-state index in [4.69, 9.17) is 9.52 Å². The summed E-state index contributed by atoms with van der Waals surface area (Å²) in [5, 5.41) is 14.2. The van der Waals surface area contributed by atoms with Gasteiger partial charge in [-0.3, -0.25) is 4.79 Å². The van der Waals surface area contributed by atoms with Gasteiger partial charge in [-0.1, -0.05) is 18.2 Å². The number of fused-ring (bicyclic) bond motifs is 1. The second-order valence-electron chi connectivity index (χ2n) is 4.30. The van der Waals surface area contributed by atoms with Crippen LogP contribution in [0, 0.1) is 0 Å². The maximum atomic E-state index is 12.2. The minimum atomic E-state index is -1.07. The van der Waals surface area contributed by atoms with Crippen molar-refractivity contribution in [2.24, 2.45) is 0 Å². The molecule has 0 fully saturated rings. The van der Waals surface area contributed by atoms with E-state index in [1.165, 1.54) is 10.7 Å². The average molecular weight is 270 g/mol. The number of carbonyl (C=O) groups is 1. The first-order valence-corrected chi connectivity index (χ1v) is 5.91. The predicted molar refractivity (Wildman–Crippen MR) is 70.8 cm³/mol. The van der Waals surface area contributed by atoms with Crippen LogP contribution < -0.4 is 5.56 Å². The molecule has 0 aliphatic heterocycles. The lowest BCUT2D eigenvalue weighted by Gasteiger charge is -2.03. The molecular weight excluding hydrogens is 260 g/mol. The number of aromatic carboxylic acids is 1. The van der Waals surface area contributed by atoms with Gasteiger partial charge >= 0.3 is 5.97 Å². The Balaban J connectivity index is 2.00. The lowest BCUT2D eigenvalue weighted by molar-refractivity contribution is 0.0696. The van der Waals surface area contributed by atoms with Gasteiger partial charge in [0.2, 0.25) is 0 Å². The third-order valence-electron chi connectivity index (χ3n) is 2.97. The Kier molecular flexibility index (Phi) is 2.83. The van der Waals surface area contributed by atoms with Crippen LogP contribution in [0.4, 0.5) is 0 Å². The third kappa shape index (κ3) is 2.07. The lowest BCUT2D eigenvalue weighted by Crippen LogP contribution is -2.23. The summed E-state index contributed by atoms with van der Waals surface area (Å²) < 4.78 is 6.36. The number of benzene rings is 1. The number of furan rings is 1. The first-order chi connectivity index (χ1) is 9.65. The fourth-order valence-corrected chi connectivity index (χ4v) is 1.96. The molecule has 2 aromatic heterocycles. The summed E-state index contributed by atoms with van der Waals surface area (Å²) in [7, 11) is 0. The van der Waals surface area contributed by atoms with Gasteiger partial charge in [0.25, 0.3) is 5.56 Å². The Labute approximate surface area is 112 Å². The molecule has 2 heterocycles. The van der Waals surface area contributed by atoms with Gasteiger partial charge in [0.15, 0.2) is 0 Å². The number of hydrogen-bond donors (Lipinski definition) is 1. The molecule has 3 aromatic rings. The van der Waals surface area contributed by atoms with Crippen LogP contribution in [-0.2, 0) is 6.54 Å². The van der Waals surface area contributed by atoms with Crippen molar-refractivity contribution in [2.45, 2.75) is 6.54 Å². The number of rotatable bonds is 3. The van der Waals surface area contributed by atoms with Crippen molar-refractivity contribution >= 4 is 16.7 Å². The molecule has 100 valence electrons. The normalized spacial score (nSPS) is 10.8. The summed E-state index contributed by atoms with van der Waals surface area (Å²) in [4.78, 5) is 23.0. The zero-order valence-electron chi connectivity index (χ0n) is 10.3. The first kappa shape index (κ1) is 12.2. The molecule has 0 aliphatic carbocycles. The molecule has 0 radical (unpaired) electrons. The van der Waals surface area contributed by atoms with Gasteiger partial charge in [0.1, 0.15) is 18.6 Å². The summed E-state index contributed by atoms with van der Waals surface area (Å²) >= 11 is 0. The largest absolute Gasteiger partial charge is 0.478 e. The standard InChI is InChI=1S/C14H10N2O4/c17-13-12-4-2-1-3-9(12)6-15-16(13)7-11-5-10(8-20-11)14(18)19/h1-6,8H,7H2,(H,18,19). The molecule has 0 aliphatic rings. The number of nitrogens with zero attached hydrogens (tertiary/aromatic N) is 2. The molecular formula is C14H10N2O4. The van der Waals surface area contributed by atoms with Gasteiger partial charge in [-0.15, -0.1) is 0 Å². The molecule has 1 aromatic carbocycles. The Morgan fingerprint density at radius 2 is 2.15 bits per heavy atom. The maximum absolute atomic E-state index is 12.2. The smallest absolute Gasteiger partial charge is 0.338 e. The van der Waals surface area contributed by atoms with Crippen molar-refractivity contribution in [1.29, 1.82) is 0 Å². The molecule has 0 amide bonds. The fraction of sp³-hybridized carbons (Fsp3) is 0.0714. The Morgan fingerprint density at radius 1 is 1.35 bits per heavy atom. The number of hydrogen-bond acceptors (Lipinski definition) is 4. The van der Waals surface area contributed by atoms with Gasteiger partial charge in [-0.2, -0.15) is 5.10 Å². The summed E-state index contributed by atoms with van der Waals surface area (Å²) in [6, 6.07) is 8.53. The van der Waals surface area contributed by atoms with E-state index < -0.39 is 5.97 Å². The van der Waals surface area contributed by atoms with E-state index in [0.717, 1.165) is 11.6 Å². The molecule has 0 saturated carbocycles. The summed E-state index contributed by atoms with van der Waals surface area (Å²) in [5.74, 6) is -0.703. The fourth-order valence-electron chi connectivity index (χ4n) is 1.96. The van der Waals surface area contributed by atoms with E-state index in [2.05, 4.69) is 5.10 Å². The van der Waals surface area contributed by atoms with Crippen LogP contribution in [0.3, 0.4) is 0 Å². The predicted octanol–water partition coefficient (Wildman–Crippen LogP) is 1.74. The van der Waals surface area contributed by atoms with Crippen LogP contribution in [0.25, 0.3) is 10.8 Å². The molecule has 20 heavy (non-hydrogen) atoms. The van der Waals surface area contributed by atoms with Crippen molar-refractivity contribution in [2.75, 3.05) is 0 Å². The molecule has 1 N–H and O–H groups in total. The first-order valence-electron chi connectivity index (χ1n) is 5.91. The highest BCUT2D eigenvalue weighted by Crippen LogP contribution is 2.10. The monoisotopic (exact) mass is 270 g/mol. The van der Waals surface area contributed by atoms with Gasteiger partial charge < -0.3 is 9.52 Å². The van der Waals surface area contributed by atoms with Crippen LogP contribution in [0.2, 0.25) is 0 Å². The van der Waals surface area contributed by atoms with Crippen molar-refractivity contribution in [1.82, 2.24) is 9.78 Å². The molecule has 6 heteroatoms. The van der Waals surface area contributed by atoms with Crippen molar-refractivity contribution in [3.05, 3.63) is 64.5 Å². The number of carboxylic acid groups (broad SMARTS) is 1. The van der Waals surface area contributed by atoms with Crippen LogP contribution >= 0.6 is 0 Å². The second-order valence-corrected chi connectivity index (χ2v) is 4.30. The van der Waals surface area contributed by atoms with Gasteiger partial charge in [-0.25, -0.2) is 9.48 Å². The molecule has 0 spiro atoms. The van der Waals surface area contributed by atoms with E-state index in [0.29, 0.717) is 11.1 Å². The highest BCUT2D eigenvalue weighted by atomic mass is 16.4. The minimum Gasteiger partial charge on any atom is -0.478 e. The van der Waals surface area contributed by atoms with Gasteiger partial charge in [-0.05, 0) is 12.1 Å². The van der Waals surface area contributed by atoms with Gasteiger partial charge in [0, 0.05) is 5.39 Å². The molecule has 0 bridgehead atoms. The number of carboxylic acids is 1. The van der Waals surface area contributed by atoms with Crippen LogP contribution in [0.1, 0.15) is 16.1 Å². The highest BCUT2D eigenvalue weighted by Gasteiger charge is 2.10. The Hall–Kier alpha value is -2.89. The Morgan fingerprint density at radius 3 is 2.90 bits per heavy atom. The quantitative estimate of drug-likeness (QED) is 0.783. The zero-order chi connectivity index (χ0) is 14.1. The van der Waals surface area contributed by atoms with Crippen molar-refractivity contribution < 1.29 is 14.3 Å². The zero-order valence-corrected chi connectivity index (χ0v) is 10.3. The molecule has 0 atom stereocenters. The highest BCUT2D eigenvalue weighted by molar-refractivity contribution is 5.87. The summed E-state index contributed by atoms with van der Waals surface area (Å²) in [5.41, 5.74) is -0.190. The lowest BCUT2D eigenvalue weighted by atomic mass is 10.2. The van der Waals surface area contributed by atoms with E-state index in [9.17, 15) is 9.59 Å². The van der Waals surface area contributed by atoms with E-state index >= 15 is 0 Å². The molecule has 0 saturated heterocycles.